The first-order chi connectivity index (χ1) is 10.1. The molecule has 0 saturated carbocycles. The molecule has 0 aliphatic rings. The summed E-state index contributed by atoms with van der Waals surface area (Å²) in [7, 11) is 3.21. The number of methoxy groups -OCH3 is 2. The third kappa shape index (κ3) is 2.79. The van der Waals surface area contributed by atoms with Crippen molar-refractivity contribution in [2.45, 2.75) is 19.9 Å². The first-order valence-electron chi connectivity index (χ1n) is 6.66. The van der Waals surface area contributed by atoms with Crippen molar-refractivity contribution in [3.8, 4) is 35.1 Å². The number of aryl methyl sites for hydroxylation is 1. The Morgan fingerprint density at radius 1 is 1.24 bits per heavy atom. The predicted octanol–water partition coefficient (Wildman–Crippen LogP) is 2.35. The van der Waals surface area contributed by atoms with Crippen molar-refractivity contribution in [1.29, 1.82) is 0 Å². The minimum Gasteiger partial charge on any atom is -0.497 e. The molecule has 0 aliphatic carbocycles. The smallest absolute Gasteiger partial charge is 0.132 e. The first-order valence-corrected chi connectivity index (χ1v) is 6.66. The Kier molecular flexibility index (Phi) is 4.39. The SMILES string of the molecule is C#CCn1c(CC)nc(-c2cc(OC)cc(OC)c2)c1N. The van der Waals surface area contributed by atoms with Gasteiger partial charge in [-0.25, -0.2) is 4.98 Å². The fourth-order valence-electron chi connectivity index (χ4n) is 2.21. The van der Waals surface area contributed by atoms with Crippen molar-refractivity contribution in [1.82, 2.24) is 9.55 Å². The molecular weight excluding hydrogens is 266 g/mol. The largest absolute Gasteiger partial charge is 0.497 e. The second-order valence-corrected chi connectivity index (χ2v) is 4.51. The Hall–Kier alpha value is -2.61. The molecule has 2 aromatic rings. The summed E-state index contributed by atoms with van der Waals surface area (Å²) in [5.74, 6) is 5.40. The van der Waals surface area contributed by atoms with Crippen LogP contribution in [-0.4, -0.2) is 23.8 Å². The number of aromatic nitrogens is 2. The van der Waals surface area contributed by atoms with Crippen molar-refractivity contribution in [2.75, 3.05) is 20.0 Å². The molecule has 0 spiro atoms. The molecule has 1 aromatic carbocycles. The van der Waals surface area contributed by atoms with E-state index >= 15 is 0 Å². The van der Waals surface area contributed by atoms with Crippen molar-refractivity contribution < 1.29 is 9.47 Å². The zero-order valence-corrected chi connectivity index (χ0v) is 12.5. The molecule has 5 heteroatoms. The van der Waals surface area contributed by atoms with E-state index in [0.717, 1.165) is 17.8 Å². The van der Waals surface area contributed by atoms with Crippen LogP contribution < -0.4 is 15.2 Å². The number of hydrogen-bond donors (Lipinski definition) is 1. The zero-order chi connectivity index (χ0) is 15.4. The van der Waals surface area contributed by atoms with E-state index in [1.807, 2.05) is 23.6 Å². The highest BCUT2D eigenvalue weighted by atomic mass is 16.5. The minimum atomic E-state index is 0.406. The third-order valence-electron chi connectivity index (χ3n) is 3.28. The lowest BCUT2D eigenvalue weighted by molar-refractivity contribution is 0.394. The number of ether oxygens (including phenoxy) is 2. The highest BCUT2D eigenvalue weighted by Crippen LogP contribution is 2.33. The Morgan fingerprint density at radius 2 is 1.86 bits per heavy atom. The van der Waals surface area contributed by atoms with Crippen molar-refractivity contribution in [3.05, 3.63) is 24.0 Å². The summed E-state index contributed by atoms with van der Waals surface area (Å²) < 4.78 is 12.4. The van der Waals surface area contributed by atoms with Crippen LogP contribution in [0.25, 0.3) is 11.3 Å². The topological polar surface area (TPSA) is 62.3 Å². The van der Waals surface area contributed by atoms with Gasteiger partial charge in [0.2, 0.25) is 0 Å². The molecule has 0 radical (unpaired) electrons. The number of nitrogen functional groups attached to an aromatic ring is 1. The van der Waals surface area contributed by atoms with E-state index in [1.54, 1.807) is 20.3 Å². The summed E-state index contributed by atoms with van der Waals surface area (Å²) in [5.41, 5.74) is 7.74. The van der Waals surface area contributed by atoms with Crippen molar-refractivity contribution in [2.24, 2.45) is 0 Å². The molecule has 0 amide bonds. The van der Waals surface area contributed by atoms with Crippen LogP contribution >= 0.6 is 0 Å². The second kappa shape index (κ2) is 6.23. The van der Waals surface area contributed by atoms with E-state index in [9.17, 15) is 0 Å². The lowest BCUT2D eigenvalue weighted by Gasteiger charge is -2.08. The van der Waals surface area contributed by atoms with E-state index in [4.69, 9.17) is 21.6 Å². The maximum atomic E-state index is 6.20. The molecule has 0 unspecified atom stereocenters. The highest BCUT2D eigenvalue weighted by molar-refractivity contribution is 5.73. The summed E-state index contributed by atoms with van der Waals surface area (Å²) in [5, 5.41) is 0. The Morgan fingerprint density at radius 3 is 2.33 bits per heavy atom. The quantitative estimate of drug-likeness (QED) is 0.857. The van der Waals surface area contributed by atoms with E-state index in [2.05, 4.69) is 10.9 Å². The van der Waals surface area contributed by atoms with Gasteiger partial charge in [-0.05, 0) is 12.1 Å². The van der Waals surface area contributed by atoms with Crippen LogP contribution in [0.15, 0.2) is 18.2 Å². The van der Waals surface area contributed by atoms with Crippen LogP contribution in [0.4, 0.5) is 5.82 Å². The normalized spacial score (nSPS) is 10.2. The first kappa shape index (κ1) is 14.8. The number of nitrogens with zero attached hydrogens (tertiary/aromatic N) is 2. The third-order valence-corrected chi connectivity index (χ3v) is 3.28. The number of hydrogen-bond acceptors (Lipinski definition) is 4. The second-order valence-electron chi connectivity index (χ2n) is 4.51. The van der Waals surface area contributed by atoms with Crippen molar-refractivity contribution in [3.63, 3.8) is 0 Å². The maximum absolute atomic E-state index is 6.20. The Labute approximate surface area is 124 Å². The minimum absolute atomic E-state index is 0.406. The van der Waals surface area contributed by atoms with Gasteiger partial charge in [-0.3, -0.25) is 0 Å². The Bertz CT molecular complexity index is 661. The molecule has 2 rings (SSSR count). The standard InChI is InChI=1S/C16H19N3O2/c1-5-7-19-14(6-2)18-15(16(19)17)11-8-12(20-3)10-13(9-11)21-4/h1,8-10H,6-7,17H2,2-4H3. The molecule has 0 atom stereocenters. The number of benzene rings is 1. The molecule has 0 fully saturated rings. The summed E-state index contributed by atoms with van der Waals surface area (Å²) in [4.78, 5) is 4.60. The van der Waals surface area contributed by atoms with Crippen LogP contribution in [0.3, 0.4) is 0 Å². The van der Waals surface area contributed by atoms with Gasteiger partial charge in [0.25, 0.3) is 0 Å². The van der Waals surface area contributed by atoms with Gasteiger partial charge >= 0.3 is 0 Å². The van der Waals surface area contributed by atoms with Crippen LogP contribution in [0.1, 0.15) is 12.7 Å². The molecule has 0 aliphatic heterocycles. The van der Waals surface area contributed by atoms with Gasteiger partial charge in [0.05, 0.1) is 20.8 Å². The van der Waals surface area contributed by atoms with Gasteiger partial charge in [0, 0.05) is 18.1 Å². The lowest BCUT2D eigenvalue weighted by Crippen LogP contribution is -2.05. The average Bonchev–Trinajstić information content (AvgIpc) is 2.83. The Balaban J connectivity index is 2.59. The molecule has 1 aromatic heterocycles. The van der Waals surface area contributed by atoms with E-state index in [1.165, 1.54) is 0 Å². The molecule has 21 heavy (non-hydrogen) atoms. The van der Waals surface area contributed by atoms with Crippen LogP contribution in [0, 0.1) is 12.3 Å². The number of terminal acetylenes is 1. The average molecular weight is 285 g/mol. The fourth-order valence-corrected chi connectivity index (χ4v) is 2.21. The maximum Gasteiger partial charge on any atom is 0.132 e. The number of anilines is 1. The molecule has 110 valence electrons. The lowest BCUT2D eigenvalue weighted by atomic mass is 10.1. The zero-order valence-electron chi connectivity index (χ0n) is 12.5. The number of rotatable bonds is 5. The molecule has 1 heterocycles. The van der Waals surface area contributed by atoms with E-state index in [-0.39, 0.29) is 0 Å². The van der Waals surface area contributed by atoms with Gasteiger partial charge in [-0.15, -0.1) is 6.42 Å². The molecule has 5 nitrogen and oxygen atoms in total. The monoisotopic (exact) mass is 285 g/mol. The van der Waals surface area contributed by atoms with Crippen molar-refractivity contribution >= 4 is 5.82 Å². The fraction of sp³-hybridized carbons (Fsp3) is 0.312. The van der Waals surface area contributed by atoms with E-state index in [0.29, 0.717) is 29.6 Å². The van der Waals surface area contributed by atoms with E-state index < -0.39 is 0 Å². The predicted molar refractivity (Wildman–Crippen MR) is 83.4 cm³/mol. The summed E-state index contributed by atoms with van der Waals surface area (Å²) in [6.45, 7) is 2.42. The van der Waals surface area contributed by atoms with Crippen LogP contribution in [0.2, 0.25) is 0 Å². The number of nitrogens with two attached hydrogens (primary N) is 1. The van der Waals surface area contributed by atoms with Crippen LogP contribution in [-0.2, 0) is 13.0 Å². The highest BCUT2D eigenvalue weighted by Gasteiger charge is 2.16. The summed E-state index contributed by atoms with van der Waals surface area (Å²) in [6, 6.07) is 5.56. The van der Waals surface area contributed by atoms with Gasteiger partial charge in [0.1, 0.15) is 28.8 Å². The molecule has 0 saturated heterocycles. The van der Waals surface area contributed by atoms with Gasteiger partial charge < -0.3 is 19.8 Å². The van der Waals surface area contributed by atoms with Crippen LogP contribution in [0.5, 0.6) is 11.5 Å². The molecule has 0 bridgehead atoms. The molecule has 2 N–H and O–H groups in total. The van der Waals surface area contributed by atoms with Gasteiger partial charge in [-0.2, -0.15) is 0 Å². The summed E-state index contributed by atoms with van der Waals surface area (Å²) >= 11 is 0. The number of imidazole rings is 1. The summed E-state index contributed by atoms with van der Waals surface area (Å²) in [6.07, 6.45) is 6.16. The van der Waals surface area contributed by atoms with Gasteiger partial charge in [-0.1, -0.05) is 12.8 Å². The van der Waals surface area contributed by atoms with Gasteiger partial charge in [0.15, 0.2) is 0 Å². The molecular formula is C16H19N3O2.